The van der Waals surface area contributed by atoms with Gasteiger partial charge in [0.2, 0.25) is 0 Å². The molecule has 23 heavy (non-hydrogen) atoms. The number of nitrogens with zero attached hydrogens (tertiary/aromatic N) is 3. The molecule has 0 radical (unpaired) electrons. The van der Waals surface area contributed by atoms with Gasteiger partial charge in [0.15, 0.2) is 5.96 Å². The minimum absolute atomic E-state index is 0. The Morgan fingerprint density at radius 3 is 2.43 bits per heavy atom. The topological polar surface area (TPSA) is 40.5 Å². The number of aromatic nitrogens is 1. The molecule has 132 valence electrons. The maximum Gasteiger partial charge on any atom is 0.194 e. The number of likely N-dealkylation sites (tertiary alicyclic amines) is 1. The van der Waals surface area contributed by atoms with E-state index < -0.39 is 0 Å². The number of halogens is 1. The monoisotopic (exact) mass is 450 g/mol. The lowest BCUT2D eigenvalue weighted by Gasteiger charge is -2.62. The van der Waals surface area contributed by atoms with Crippen LogP contribution in [0.15, 0.2) is 4.99 Å². The van der Waals surface area contributed by atoms with Crippen molar-refractivity contribution < 1.29 is 0 Å². The van der Waals surface area contributed by atoms with Crippen molar-refractivity contribution >= 4 is 41.3 Å². The first-order valence-electron chi connectivity index (χ1n) is 8.16. The highest BCUT2D eigenvalue weighted by molar-refractivity contribution is 14.0. The molecule has 1 aliphatic heterocycles. The van der Waals surface area contributed by atoms with E-state index in [1.165, 1.54) is 15.6 Å². The van der Waals surface area contributed by atoms with Crippen molar-refractivity contribution in [1.29, 1.82) is 0 Å². The van der Waals surface area contributed by atoms with E-state index in [4.69, 9.17) is 4.98 Å². The Morgan fingerprint density at radius 2 is 2.00 bits per heavy atom. The van der Waals surface area contributed by atoms with Gasteiger partial charge >= 0.3 is 0 Å². The zero-order valence-corrected chi connectivity index (χ0v) is 18.6. The predicted octanol–water partition coefficient (Wildman–Crippen LogP) is 3.87. The molecule has 0 atom stereocenters. The fraction of sp³-hybridized carbons (Fsp3) is 0.765. The third kappa shape index (κ3) is 4.00. The summed E-state index contributed by atoms with van der Waals surface area (Å²) in [5, 5.41) is 4.73. The van der Waals surface area contributed by atoms with E-state index in [9.17, 15) is 0 Å². The maximum absolute atomic E-state index is 4.71. The van der Waals surface area contributed by atoms with Crippen molar-refractivity contribution in [3.8, 4) is 0 Å². The van der Waals surface area contributed by atoms with E-state index in [0.717, 1.165) is 31.9 Å². The fourth-order valence-electron chi connectivity index (χ4n) is 2.90. The Morgan fingerprint density at radius 1 is 1.35 bits per heavy atom. The van der Waals surface area contributed by atoms with Gasteiger partial charge in [-0.15, -0.1) is 35.3 Å². The molecule has 1 fully saturated rings. The van der Waals surface area contributed by atoms with Crippen molar-refractivity contribution in [1.82, 2.24) is 15.2 Å². The third-order valence-electron chi connectivity index (χ3n) is 5.25. The minimum Gasteiger partial charge on any atom is -0.356 e. The molecule has 6 heteroatoms. The molecule has 2 heterocycles. The van der Waals surface area contributed by atoms with Gasteiger partial charge in [-0.1, -0.05) is 20.8 Å². The van der Waals surface area contributed by atoms with Crippen molar-refractivity contribution in [2.75, 3.05) is 20.1 Å². The SMILES string of the molecule is CCc1nc(CCNC(=NC)N2CC(C)(C)C2(C)C)sc1C.I. The lowest BCUT2D eigenvalue weighted by molar-refractivity contribution is -0.0666. The Labute approximate surface area is 162 Å². The molecule has 0 spiro atoms. The molecular formula is C17H31IN4S. The minimum atomic E-state index is 0. The summed E-state index contributed by atoms with van der Waals surface area (Å²) in [6.45, 7) is 15.5. The molecule has 0 amide bonds. The van der Waals surface area contributed by atoms with Crippen LogP contribution < -0.4 is 5.32 Å². The maximum atomic E-state index is 4.71. The van der Waals surface area contributed by atoms with E-state index in [1.807, 2.05) is 18.4 Å². The summed E-state index contributed by atoms with van der Waals surface area (Å²) < 4.78 is 0. The molecule has 0 saturated carbocycles. The van der Waals surface area contributed by atoms with E-state index >= 15 is 0 Å². The highest BCUT2D eigenvalue weighted by atomic mass is 127. The lowest BCUT2D eigenvalue weighted by Crippen LogP contribution is -2.72. The van der Waals surface area contributed by atoms with Crippen LogP contribution in [-0.2, 0) is 12.8 Å². The van der Waals surface area contributed by atoms with Crippen LogP contribution in [0.2, 0.25) is 0 Å². The molecule has 1 aromatic heterocycles. The van der Waals surface area contributed by atoms with Crippen molar-refractivity contribution in [3.05, 3.63) is 15.6 Å². The number of thiazole rings is 1. The number of rotatable bonds is 4. The zero-order valence-electron chi connectivity index (χ0n) is 15.5. The summed E-state index contributed by atoms with van der Waals surface area (Å²) in [7, 11) is 1.87. The summed E-state index contributed by atoms with van der Waals surface area (Å²) in [5.74, 6) is 1.01. The molecule has 4 nitrogen and oxygen atoms in total. The van der Waals surface area contributed by atoms with Gasteiger partial charge < -0.3 is 10.2 Å². The van der Waals surface area contributed by atoms with Crippen LogP contribution >= 0.6 is 35.3 Å². The Bertz CT molecular complexity index is 563. The number of guanidine groups is 1. The second kappa shape index (κ2) is 7.68. The summed E-state index contributed by atoms with van der Waals surface area (Å²) in [5.41, 5.74) is 1.71. The molecule has 0 unspecified atom stereocenters. The van der Waals surface area contributed by atoms with Crippen LogP contribution in [-0.4, -0.2) is 41.5 Å². The van der Waals surface area contributed by atoms with E-state index in [0.29, 0.717) is 5.41 Å². The highest BCUT2D eigenvalue weighted by Crippen LogP contribution is 2.46. The number of hydrogen-bond donors (Lipinski definition) is 1. The lowest BCUT2D eigenvalue weighted by atomic mass is 9.65. The van der Waals surface area contributed by atoms with Crippen molar-refractivity contribution in [3.63, 3.8) is 0 Å². The second-order valence-electron chi connectivity index (χ2n) is 7.22. The Hall–Kier alpha value is -0.370. The third-order valence-corrected chi connectivity index (χ3v) is 6.32. The summed E-state index contributed by atoms with van der Waals surface area (Å²) >= 11 is 1.82. The van der Waals surface area contributed by atoms with Gasteiger partial charge in [-0.3, -0.25) is 4.99 Å². The molecule has 1 aliphatic rings. The highest BCUT2D eigenvalue weighted by Gasteiger charge is 2.53. The smallest absolute Gasteiger partial charge is 0.194 e. The number of nitrogens with one attached hydrogen (secondary N) is 1. The van der Waals surface area contributed by atoms with Crippen LogP contribution in [0.1, 0.15) is 50.2 Å². The molecule has 0 bridgehead atoms. The summed E-state index contributed by atoms with van der Waals surface area (Å²) in [6, 6.07) is 0. The average molecular weight is 450 g/mol. The van der Waals surface area contributed by atoms with Crippen LogP contribution in [0, 0.1) is 12.3 Å². The van der Waals surface area contributed by atoms with E-state index in [-0.39, 0.29) is 29.5 Å². The summed E-state index contributed by atoms with van der Waals surface area (Å²) in [6.07, 6.45) is 1.98. The van der Waals surface area contributed by atoms with Gasteiger partial charge in [-0.05, 0) is 27.2 Å². The van der Waals surface area contributed by atoms with E-state index in [1.54, 1.807) is 0 Å². The quantitative estimate of drug-likeness (QED) is 0.430. The van der Waals surface area contributed by atoms with Crippen LogP contribution in [0.3, 0.4) is 0 Å². The van der Waals surface area contributed by atoms with Crippen molar-refractivity contribution in [2.45, 2.75) is 59.9 Å². The van der Waals surface area contributed by atoms with Gasteiger partial charge in [-0.2, -0.15) is 0 Å². The van der Waals surface area contributed by atoms with Crippen molar-refractivity contribution in [2.24, 2.45) is 10.4 Å². The molecule has 2 rings (SSSR count). The number of hydrogen-bond acceptors (Lipinski definition) is 3. The standard InChI is InChI=1S/C17H30N4S.HI/c1-8-13-12(2)22-14(20-13)9-10-19-15(18-7)21-11-16(3,4)17(21,5)6;/h8-11H2,1-7H3,(H,18,19);1H. The average Bonchev–Trinajstić information content (AvgIpc) is 2.82. The van der Waals surface area contributed by atoms with Crippen LogP contribution in [0.4, 0.5) is 0 Å². The molecule has 1 N–H and O–H groups in total. The van der Waals surface area contributed by atoms with Gasteiger partial charge in [0, 0.05) is 42.4 Å². The molecule has 0 aromatic carbocycles. The fourth-order valence-corrected chi connectivity index (χ4v) is 3.92. The normalized spacial score (nSPS) is 19.1. The molecule has 1 saturated heterocycles. The Kier molecular flexibility index (Phi) is 6.90. The first kappa shape index (κ1) is 20.7. The summed E-state index contributed by atoms with van der Waals surface area (Å²) in [4.78, 5) is 12.9. The molecule has 1 aromatic rings. The first-order valence-corrected chi connectivity index (χ1v) is 8.98. The van der Waals surface area contributed by atoms with E-state index in [2.05, 4.69) is 56.8 Å². The second-order valence-corrected chi connectivity index (χ2v) is 8.50. The van der Waals surface area contributed by atoms with Crippen LogP contribution in [0.5, 0.6) is 0 Å². The number of aryl methyl sites for hydroxylation is 2. The van der Waals surface area contributed by atoms with Gasteiger partial charge in [-0.25, -0.2) is 4.98 Å². The van der Waals surface area contributed by atoms with Gasteiger partial charge in [0.05, 0.1) is 10.7 Å². The molecule has 0 aliphatic carbocycles. The Balaban J connectivity index is 0.00000264. The van der Waals surface area contributed by atoms with Gasteiger partial charge in [0.25, 0.3) is 0 Å². The molecular weight excluding hydrogens is 419 g/mol. The largest absolute Gasteiger partial charge is 0.356 e. The van der Waals surface area contributed by atoms with Gasteiger partial charge in [0.1, 0.15) is 0 Å². The number of aliphatic imine (C=N–C) groups is 1. The first-order chi connectivity index (χ1) is 10.2. The van der Waals surface area contributed by atoms with Crippen LogP contribution in [0.25, 0.3) is 0 Å². The zero-order chi connectivity index (χ0) is 16.5. The predicted molar refractivity (Wildman–Crippen MR) is 111 cm³/mol.